The maximum Gasteiger partial charge on any atom is 0.231 e. The van der Waals surface area contributed by atoms with Gasteiger partial charge in [-0.3, -0.25) is 0 Å². The first kappa shape index (κ1) is 19.5. The van der Waals surface area contributed by atoms with Crippen LogP contribution in [0.25, 0.3) is 11.1 Å². The normalized spacial score (nSPS) is 22.2. The molecule has 0 aromatic heterocycles. The van der Waals surface area contributed by atoms with Crippen LogP contribution in [-0.2, 0) is 6.42 Å². The zero-order valence-corrected chi connectivity index (χ0v) is 17.2. The average molecular weight is 402 g/mol. The Morgan fingerprint density at radius 2 is 1.69 bits per heavy atom. The molecule has 3 atom stereocenters. The molecular formula is C22H26O7. The summed E-state index contributed by atoms with van der Waals surface area (Å²) < 4.78 is 27.8. The summed E-state index contributed by atoms with van der Waals surface area (Å²) >= 11 is 0. The van der Waals surface area contributed by atoms with E-state index in [0.29, 0.717) is 46.1 Å². The van der Waals surface area contributed by atoms with Crippen LogP contribution in [-0.4, -0.2) is 38.3 Å². The van der Waals surface area contributed by atoms with Crippen molar-refractivity contribution in [3.8, 4) is 45.6 Å². The van der Waals surface area contributed by atoms with Gasteiger partial charge in [0.1, 0.15) is 0 Å². The third kappa shape index (κ3) is 2.83. The second-order valence-electron chi connectivity index (χ2n) is 7.59. The molecule has 0 saturated carbocycles. The molecule has 7 heteroatoms. The van der Waals surface area contributed by atoms with E-state index in [2.05, 4.69) is 6.92 Å². The lowest BCUT2D eigenvalue weighted by Crippen LogP contribution is -2.22. The summed E-state index contributed by atoms with van der Waals surface area (Å²) in [4.78, 5) is 0. The van der Waals surface area contributed by atoms with E-state index in [1.54, 1.807) is 6.07 Å². The van der Waals surface area contributed by atoms with Crippen LogP contribution in [0, 0.1) is 11.8 Å². The van der Waals surface area contributed by atoms with Crippen LogP contribution < -0.4 is 23.7 Å². The lowest BCUT2D eigenvalue weighted by Gasteiger charge is -2.32. The number of hydrogen-bond acceptors (Lipinski definition) is 7. The minimum Gasteiger partial charge on any atom is -0.504 e. The number of phenolic OH excluding ortho intramolecular Hbond substituents is 1. The van der Waals surface area contributed by atoms with Crippen molar-refractivity contribution >= 4 is 0 Å². The molecule has 2 aromatic carbocycles. The molecule has 0 bridgehead atoms. The van der Waals surface area contributed by atoms with Crippen LogP contribution in [0.15, 0.2) is 12.1 Å². The van der Waals surface area contributed by atoms with Gasteiger partial charge in [0, 0.05) is 11.1 Å². The molecule has 0 radical (unpaired) electrons. The highest BCUT2D eigenvalue weighted by molar-refractivity contribution is 5.88. The average Bonchev–Trinajstić information content (AvgIpc) is 3.19. The minimum atomic E-state index is -0.774. The number of methoxy groups -OCH3 is 3. The van der Waals surface area contributed by atoms with Gasteiger partial charge < -0.3 is 33.9 Å². The van der Waals surface area contributed by atoms with Crippen LogP contribution in [0.5, 0.6) is 34.5 Å². The highest BCUT2D eigenvalue weighted by atomic mass is 16.7. The van der Waals surface area contributed by atoms with Gasteiger partial charge >= 0.3 is 0 Å². The number of aromatic hydroxyl groups is 1. The smallest absolute Gasteiger partial charge is 0.231 e. The summed E-state index contributed by atoms with van der Waals surface area (Å²) in [5.41, 5.74) is 2.63. The molecule has 156 valence electrons. The van der Waals surface area contributed by atoms with E-state index in [1.807, 2.05) is 13.0 Å². The Balaban J connectivity index is 2.14. The second-order valence-corrected chi connectivity index (χ2v) is 7.59. The molecule has 0 amide bonds. The van der Waals surface area contributed by atoms with E-state index in [9.17, 15) is 10.2 Å². The van der Waals surface area contributed by atoms with Gasteiger partial charge in [-0.2, -0.15) is 0 Å². The molecule has 0 saturated heterocycles. The Kier molecular flexibility index (Phi) is 4.86. The number of hydrogen-bond donors (Lipinski definition) is 2. The van der Waals surface area contributed by atoms with Crippen LogP contribution in [0.1, 0.15) is 31.1 Å². The Hall–Kier alpha value is -2.80. The first-order valence-electron chi connectivity index (χ1n) is 9.58. The first-order chi connectivity index (χ1) is 13.9. The predicted molar refractivity (Wildman–Crippen MR) is 106 cm³/mol. The van der Waals surface area contributed by atoms with E-state index in [0.717, 1.165) is 5.56 Å². The molecule has 2 aliphatic rings. The SMILES string of the molecule is COc1cc2c(c(O)c1OC)-c1c(cc3c(c1OC)OCO3)[C@@H](O)[C@H](C)[C@H](C)C2. The van der Waals surface area contributed by atoms with Gasteiger partial charge in [0.15, 0.2) is 23.0 Å². The largest absolute Gasteiger partial charge is 0.504 e. The van der Waals surface area contributed by atoms with Crippen molar-refractivity contribution in [2.45, 2.75) is 26.4 Å². The molecule has 1 aliphatic heterocycles. The lowest BCUT2D eigenvalue weighted by molar-refractivity contribution is 0.0864. The Labute approximate surface area is 169 Å². The summed E-state index contributed by atoms with van der Waals surface area (Å²) in [6.07, 6.45) is -0.137. The van der Waals surface area contributed by atoms with Crippen LogP contribution >= 0.6 is 0 Å². The standard InChI is InChI=1S/C22H26O7/c1-10-6-12-7-14(25-3)20(26-4)19(24)16(12)17-13(18(23)11(10)2)8-15-21(22(17)27-5)29-9-28-15/h7-8,10-11,18,23-24H,6,9H2,1-5H3/t10-,11-,18+/m1/s1. The molecular weight excluding hydrogens is 376 g/mol. The van der Waals surface area contributed by atoms with E-state index in [1.165, 1.54) is 21.3 Å². The van der Waals surface area contributed by atoms with Gasteiger partial charge in [0.05, 0.1) is 27.4 Å². The van der Waals surface area contributed by atoms with Crippen molar-refractivity contribution in [3.63, 3.8) is 0 Å². The highest BCUT2D eigenvalue weighted by Crippen LogP contribution is 2.57. The Bertz CT molecular complexity index is 953. The number of benzene rings is 2. The third-order valence-corrected chi connectivity index (χ3v) is 6.09. The van der Waals surface area contributed by atoms with Crippen molar-refractivity contribution in [1.82, 2.24) is 0 Å². The van der Waals surface area contributed by atoms with Gasteiger partial charge in [0.2, 0.25) is 18.3 Å². The van der Waals surface area contributed by atoms with Crippen molar-refractivity contribution in [2.24, 2.45) is 11.8 Å². The molecule has 29 heavy (non-hydrogen) atoms. The summed E-state index contributed by atoms with van der Waals surface area (Å²) in [6.45, 7) is 4.17. The summed E-state index contributed by atoms with van der Waals surface area (Å²) in [6, 6.07) is 3.65. The lowest BCUT2D eigenvalue weighted by atomic mass is 9.76. The second kappa shape index (κ2) is 7.22. The molecule has 1 heterocycles. The first-order valence-corrected chi connectivity index (χ1v) is 9.58. The molecule has 7 nitrogen and oxygen atoms in total. The quantitative estimate of drug-likeness (QED) is 0.810. The minimum absolute atomic E-state index is 0.0396. The van der Waals surface area contributed by atoms with Gasteiger partial charge in [-0.05, 0) is 41.5 Å². The third-order valence-electron chi connectivity index (χ3n) is 6.09. The number of aliphatic hydroxyl groups is 1. The van der Waals surface area contributed by atoms with Crippen molar-refractivity contribution in [1.29, 1.82) is 0 Å². The fourth-order valence-corrected chi connectivity index (χ4v) is 4.31. The van der Waals surface area contributed by atoms with Gasteiger partial charge in [-0.25, -0.2) is 0 Å². The van der Waals surface area contributed by atoms with Gasteiger partial charge in [0.25, 0.3) is 0 Å². The van der Waals surface area contributed by atoms with Crippen LogP contribution in [0.3, 0.4) is 0 Å². The van der Waals surface area contributed by atoms with Crippen LogP contribution in [0.2, 0.25) is 0 Å². The zero-order valence-electron chi connectivity index (χ0n) is 17.2. The molecule has 2 N–H and O–H groups in total. The number of rotatable bonds is 3. The maximum atomic E-state index is 11.2. The van der Waals surface area contributed by atoms with Crippen molar-refractivity contribution in [2.75, 3.05) is 28.1 Å². The fourth-order valence-electron chi connectivity index (χ4n) is 4.31. The molecule has 4 rings (SSSR count). The summed E-state index contributed by atoms with van der Waals surface area (Å²) in [7, 11) is 4.55. The Morgan fingerprint density at radius 3 is 2.34 bits per heavy atom. The number of aliphatic hydroxyl groups excluding tert-OH is 1. The molecule has 1 aliphatic carbocycles. The van der Waals surface area contributed by atoms with E-state index < -0.39 is 6.10 Å². The van der Waals surface area contributed by atoms with Crippen LogP contribution in [0.4, 0.5) is 0 Å². The highest BCUT2D eigenvalue weighted by Gasteiger charge is 2.37. The predicted octanol–water partition coefficient (Wildman–Crippen LogP) is 3.68. The molecule has 2 aromatic rings. The van der Waals surface area contributed by atoms with E-state index in [4.69, 9.17) is 23.7 Å². The van der Waals surface area contributed by atoms with E-state index in [-0.39, 0.29) is 30.1 Å². The Morgan fingerprint density at radius 1 is 0.966 bits per heavy atom. The topological polar surface area (TPSA) is 86.6 Å². The zero-order chi connectivity index (χ0) is 20.9. The van der Waals surface area contributed by atoms with Gasteiger partial charge in [-0.15, -0.1) is 0 Å². The summed E-state index contributed by atoms with van der Waals surface area (Å²) in [5.74, 6) is 2.11. The number of fused-ring (bicyclic) bond motifs is 4. The van der Waals surface area contributed by atoms with E-state index >= 15 is 0 Å². The number of phenols is 1. The van der Waals surface area contributed by atoms with Crippen molar-refractivity contribution < 1.29 is 33.9 Å². The molecule has 0 unspecified atom stereocenters. The fraction of sp³-hybridized carbons (Fsp3) is 0.455. The maximum absolute atomic E-state index is 11.2. The molecule has 0 fully saturated rings. The monoisotopic (exact) mass is 402 g/mol. The summed E-state index contributed by atoms with van der Waals surface area (Å²) in [5, 5.41) is 22.4. The van der Waals surface area contributed by atoms with Gasteiger partial charge in [-0.1, -0.05) is 13.8 Å². The molecule has 0 spiro atoms. The van der Waals surface area contributed by atoms with Crippen molar-refractivity contribution in [3.05, 3.63) is 23.3 Å². The number of ether oxygens (including phenoxy) is 5.